The van der Waals surface area contributed by atoms with E-state index in [0.717, 1.165) is 64.2 Å². The molecule has 0 spiro atoms. The number of rotatable bonds is 40. The van der Waals surface area contributed by atoms with Crippen LogP contribution in [0, 0.1) is 0 Å². The first-order valence-electron chi connectivity index (χ1n) is 22.0. The van der Waals surface area contributed by atoms with E-state index in [2.05, 4.69) is 74.6 Å². The molecule has 0 amide bonds. The lowest BCUT2D eigenvalue weighted by Crippen LogP contribution is -2.37. The van der Waals surface area contributed by atoms with Gasteiger partial charge in [0.1, 0.15) is 19.3 Å². The van der Waals surface area contributed by atoms with Gasteiger partial charge in [0, 0.05) is 13.0 Å². The Balaban J connectivity index is 4.02. The Labute approximate surface area is 339 Å². The monoisotopic (exact) mass is 795 g/mol. The number of nitrogens with zero attached hydrogens (tertiary/aromatic N) is 1. The zero-order valence-electron chi connectivity index (χ0n) is 36.1. The SMILES string of the molecule is CC/C=C\C/C=C\C/C=C\C/C=C\C/C=C\CCCCCCCCCCCCOCC(COP(=O)(O)OCC[N+](C)(C)C)OC(=O)CCCCCCCCC. The van der Waals surface area contributed by atoms with Gasteiger partial charge in [-0.25, -0.2) is 4.57 Å². The first kappa shape index (κ1) is 53.2. The molecule has 0 bridgehead atoms. The molecule has 0 aliphatic heterocycles. The Hall–Kier alpha value is -1.80. The third-order valence-corrected chi connectivity index (χ3v) is 10.1. The molecule has 0 aromatic rings. The van der Waals surface area contributed by atoms with Crippen molar-refractivity contribution in [1.82, 2.24) is 0 Å². The van der Waals surface area contributed by atoms with Crippen LogP contribution in [-0.4, -0.2) is 75.6 Å². The molecule has 0 aromatic heterocycles. The highest BCUT2D eigenvalue weighted by Crippen LogP contribution is 2.43. The number of quaternary nitrogens is 1. The number of allylic oxidation sites excluding steroid dienone is 10. The summed E-state index contributed by atoms with van der Waals surface area (Å²) in [6, 6.07) is 0. The first-order valence-corrected chi connectivity index (χ1v) is 23.5. The van der Waals surface area contributed by atoms with Crippen LogP contribution >= 0.6 is 7.82 Å². The van der Waals surface area contributed by atoms with Gasteiger partial charge in [0.2, 0.25) is 0 Å². The maximum atomic E-state index is 12.5. The summed E-state index contributed by atoms with van der Waals surface area (Å²) in [6.07, 6.45) is 48.5. The smallest absolute Gasteiger partial charge is 0.457 e. The number of phosphoric acid groups is 1. The van der Waals surface area contributed by atoms with Crippen molar-refractivity contribution in [2.45, 2.75) is 174 Å². The van der Waals surface area contributed by atoms with E-state index in [0.29, 0.717) is 24.1 Å². The number of esters is 1. The normalized spacial score (nSPS) is 14.4. The average molecular weight is 795 g/mol. The van der Waals surface area contributed by atoms with Crippen LogP contribution in [0.3, 0.4) is 0 Å². The van der Waals surface area contributed by atoms with E-state index in [1.807, 2.05) is 21.1 Å². The van der Waals surface area contributed by atoms with Crippen LogP contribution in [0.2, 0.25) is 0 Å². The fourth-order valence-corrected chi connectivity index (χ4v) is 6.44. The van der Waals surface area contributed by atoms with Crippen LogP contribution < -0.4 is 0 Å². The Bertz CT molecular complexity index is 1060. The summed E-state index contributed by atoms with van der Waals surface area (Å²) < 4.78 is 34.8. The molecule has 0 aromatic carbocycles. The molecule has 0 saturated carbocycles. The molecule has 8 nitrogen and oxygen atoms in total. The first-order chi connectivity index (χ1) is 26.6. The molecule has 0 saturated heterocycles. The third kappa shape index (κ3) is 43.2. The van der Waals surface area contributed by atoms with Crippen molar-refractivity contribution in [3.8, 4) is 0 Å². The standard InChI is InChI=1S/C46H84NO7P/c1-6-8-10-12-14-15-16-17-18-19-20-21-22-23-24-25-26-27-28-29-30-31-32-34-36-38-41-51-43-45(44-53-55(49,50)52-42-40-47(3,4)5)54-46(48)39-37-35-33-13-11-9-7-2/h8,10,14-15,17-18,20-21,23-24,45H,6-7,9,11-13,16,19,22,25-44H2,1-5H3/p+1/b10-8-,15-14-,18-17-,21-20-,24-23-. The molecular formula is C46H85NO7P+. The Morgan fingerprint density at radius 2 is 1.05 bits per heavy atom. The summed E-state index contributed by atoms with van der Waals surface area (Å²) in [5.74, 6) is -0.324. The molecule has 2 unspecified atom stereocenters. The number of unbranched alkanes of at least 4 members (excludes halogenated alkanes) is 16. The van der Waals surface area contributed by atoms with Gasteiger partial charge in [0.15, 0.2) is 0 Å². The van der Waals surface area contributed by atoms with Crippen molar-refractivity contribution in [3.05, 3.63) is 60.8 Å². The molecule has 9 heteroatoms. The molecule has 1 N–H and O–H groups in total. The van der Waals surface area contributed by atoms with Gasteiger partial charge in [-0.1, -0.05) is 164 Å². The van der Waals surface area contributed by atoms with Crippen LogP contribution in [0.15, 0.2) is 60.8 Å². The summed E-state index contributed by atoms with van der Waals surface area (Å²) in [7, 11) is 1.66. The maximum absolute atomic E-state index is 12.5. The van der Waals surface area contributed by atoms with Crippen LogP contribution in [0.25, 0.3) is 0 Å². The third-order valence-electron chi connectivity index (χ3n) is 9.09. The molecule has 55 heavy (non-hydrogen) atoms. The van der Waals surface area contributed by atoms with E-state index >= 15 is 0 Å². The van der Waals surface area contributed by atoms with Crippen LogP contribution in [-0.2, 0) is 27.9 Å². The van der Waals surface area contributed by atoms with Gasteiger partial charge in [-0.2, -0.15) is 0 Å². The molecule has 0 aliphatic rings. The topological polar surface area (TPSA) is 91.3 Å². The summed E-state index contributed by atoms with van der Waals surface area (Å²) >= 11 is 0. The molecule has 320 valence electrons. The zero-order valence-corrected chi connectivity index (χ0v) is 37.0. The van der Waals surface area contributed by atoms with Gasteiger partial charge in [-0.3, -0.25) is 13.8 Å². The van der Waals surface area contributed by atoms with Gasteiger partial charge < -0.3 is 18.9 Å². The van der Waals surface area contributed by atoms with Crippen molar-refractivity contribution in [3.63, 3.8) is 0 Å². The van der Waals surface area contributed by atoms with Crippen LogP contribution in [0.4, 0.5) is 0 Å². The number of hydrogen-bond acceptors (Lipinski definition) is 6. The summed E-state index contributed by atoms with van der Waals surface area (Å²) in [6.45, 7) is 5.44. The highest BCUT2D eigenvalue weighted by Gasteiger charge is 2.26. The lowest BCUT2D eigenvalue weighted by atomic mass is 10.1. The Morgan fingerprint density at radius 1 is 0.582 bits per heavy atom. The van der Waals surface area contributed by atoms with Crippen LogP contribution in [0.1, 0.15) is 168 Å². The van der Waals surface area contributed by atoms with Gasteiger partial charge in [0.05, 0.1) is 34.4 Å². The quantitative estimate of drug-likeness (QED) is 0.0217. The van der Waals surface area contributed by atoms with E-state index in [-0.39, 0.29) is 25.8 Å². The second kappa shape index (κ2) is 39.0. The maximum Gasteiger partial charge on any atom is 0.472 e. The molecular weight excluding hydrogens is 709 g/mol. The second-order valence-electron chi connectivity index (χ2n) is 15.7. The van der Waals surface area contributed by atoms with Crippen molar-refractivity contribution in [1.29, 1.82) is 0 Å². The van der Waals surface area contributed by atoms with E-state index in [1.54, 1.807) is 0 Å². The summed E-state index contributed by atoms with van der Waals surface area (Å²) in [5.41, 5.74) is 0. The fourth-order valence-electron chi connectivity index (χ4n) is 5.70. The second-order valence-corrected chi connectivity index (χ2v) is 17.2. The molecule has 0 heterocycles. The number of likely N-dealkylation sites (N-methyl/N-ethyl adjacent to an activating group) is 1. The molecule has 0 radical (unpaired) electrons. The van der Waals surface area contributed by atoms with Gasteiger partial charge >= 0.3 is 13.8 Å². The zero-order chi connectivity index (χ0) is 40.6. The summed E-state index contributed by atoms with van der Waals surface area (Å²) in [5, 5.41) is 0. The molecule has 0 rings (SSSR count). The van der Waals surface area contributed by atoms with E-state index in [4.69, 9.17) is 18.5 Å². The predicted molar refractivity (Wildman–Crippen MR) is 233 cm³/mol. The van der Waals surface area contributed by atoms with Gasteiger partial charge in [-0.15, -0.1) is 0 Å². The number of hydrogen-bond donors (Lipinski definition) is 1. The van der Waals surface area contributed by atoms with Gasteiger partial charge in [-0.05, 0) is 57.8 Å². The Morgan fingerprint density at radius 3 is 1.58 bits per heavy atom. The lowest BCUT2D eigenvalue weighted by Gasteiger charge is -2.24. The minimum absolute atomic E-state index is 0.0862. The van der Waals surface area contributed by atoms with E-state index < -0.39 is 13.9 Å². The Kier molecular flexibility index (Phi) is 37.8. The predicted octanol–water partition coefficient (Wildman–Crippen LogP) is 12.9. The molecule has 2 atom stereocenters. The van der Waals surface area contributed by atoms with E-state index in [1.165, 1.54) is 83.5 Å². The van der Waals surface area contributed by atoms with Crippen molar-refractivity contribution in [2.75, 3.05) is 54.1 Å². The van der Waals surface area contributed by atoms with Crippen LogP contribution in [0.5, 0.6) is 0 Å². The van der Waals surface area contributed by atoms with Crippen molar-refractivity contribution in [2.24, 2.45) is 0 Å². The van der Waals surface area contributed by atoms with E-state index in [9.17, 15) is 14.3 Å². The minimum atomic E-state index is -4.27. The fraction of sp³-hybridized carbons (Fsp3) is 0.761. The van der Waals surface area contributed by atoms with Crippen molar-refractivity contribution >= 4 is 13.8 Å². The number of phosphoric ester groups is 1. The van der Waals surface area contributed by atoms with Crippen molar-refractivity contribution < 1.29 is 37.3 Å². The molecule has 0 aliphatic carbocycles. The average Bonchev–Trinajstić information content (AvgIpc) is 3.13. The largest absolute Gasteiger partial charge is 0.472 e. The molecule has 0 fully saturated rings. The lowest BCUT2D eigenvalue weighted by molar-refractivity contribution is -0.870. The highest BCUT2D eigenvalue weighted by atomic mass is 31.2. The highest BCUT2D eigenvalue weighted by molar-refractivity contribution is 7.47. The number of carbonyl (C=O) groups is 1. The number of ether oxygens (including phenoxy) is 2. The number of carbonyl (C=O) groups excluding carboxylic acids is 1. The minimum Gasteiger partial charge on any atom is -0.457 e. The summed E-state index contributed by atoms with van der Waals surface area (Å²) in [4.78, 5) is 22.7. The van der Waals surface area contributed by atoms with Gasteiger partial charge in [0.25, 0.3) is 0 Å².